The summed E-state index contributed by atoms with van der Waals surface area (Å²) in [4.78, 5) is 27.6. The lowest BCUT2D eigenvalue weighted by atomic mass is 9.84. The molecule has 0 radical (unpaired) electrons. The topological polar surface area (TPSA) is 77.1 Å². The van der Waals surface area contributed by atoms with E-state index in [9.17, 15) is 9.59 Å². The van der Waals surface area contributed by atoms with Crippen molar-refractivity contribution in [1.29, 1.82) is 0 Å². The molecule has 0 spiro atoms. The largest absolute Gasteiger partial charge is 0.497 e. The molecule has 0 unspecified atom stereocenters. The van der Waals surface area contributed by atoms with E-state index in [1.165, 1.54) is 16.4 Å². The molecule has 1 saturated heterocycles. The van der Waals surface area contributed by atoms with E-state index in [-0.39, 0.29) is 29.5 Å². The Morgan fingerprint density at radius 3 is 2.05 bits per heavy atom. The molecule has 0 aromatic heterocycles. The number of methoxy groups -OCH3 is 1. The van der Waals surface area contributed by atoms with E-state index in [0.29, 0.717) is 12.4 Å². The van der Waals surface area contributed by atoms with E-state index in [2.05, 4.69) is 88.1 Å². The monoisotopic (exact) mass is 572 g/mol. The lowest BCUT2D eigenvalue weighted by Gasteiger charge is -2.51. The van der Waals surface area contributed by atoms with Crippen molar-refractivity contribution in [3.63, 3.8) is 0 Å². The fourth-order valence-corrected chi connectivity index (χ4v) is 10.4. The number of carbonyl (C=O) groups excluding carboxylic acids is 2. The number of hydrogen-bond donors (Lipinski definition) is 1. The molecular weight excluding hydrogens is 532 g/mol. The van der Waals surface area contributed by atoms with Crippen LogP contribution in [0.25, 0.3) is 0 Å². The first-order valence-corrected chi connectivity index (χ1v) is 15.8. The molecule has 1 fully saturated rings. The fraction of sp³-hybridized carbons (Fsp3) is 0.333. The van der Waals surface area contributed by atoms with Gasteiger partial charge in [-0.3, -0.25) is 4.79 Å². The fourth-order valence-electron chi connectivity index (χ4n) is 5.70. The molecule has 3 aromatic rings. The quantitative estimate of drug-likeness (QED) is 0.201. The number of hydrogen-bond acceptors (Lipinski definition) is 5. The molecule has 0 aliphatic carbocycles. The van der Waals surface area contributed by atoms with Gasteiger partial charge in [-0.1, -0.05) is 101 Å². The van der Waals surface area contributed by atoms with Gasteiger partial charge in [-0.05, 0) is 39.7 Å². The van der Waals surface area contributed by atoms with Crippen molar-refractivity contribution < 1.29 is 23.5 Å². The minimum absolute atomic E-state index is 0.0616. The van der Waals surface area contributed by atoms with Crippen LogP contribution in [0.1, 0.15) is 27.7 Å². The summed E-state index contributed by atoms with van der Waals surface area (Å²) in [5, 5.41) is 4.96. The van der Waals surface area contributed by atoms with E-state index in [4.69, 9.17) is 13.9 Å². The van der Waals surface area contributed by atoms with Gasteiger partial charge in [0.1, 0.15) is 18.4 Å². The zero-order chi connectivity index (χ0) is 29.6. The third-order valence-electron chi connectivity index (χ3n) is 7.66. The van der Waals surface area contributed by atoms with Crippen LogP contribution in [0, 0.1) is 5.92 Å². The van der Waals surface area contributed by atoms with Gasteiger partial charge >= 0.3 is 6.09 Å². The number of benzene rings is 3. The van der Waals surface area contributed by atoms with Gasteiger partial charge in [0.05, 0.1) is 13.2 Å². The van der Waals surface area contributed by atoms with Crippen LogP contribution in [0.4, 0.5) is 10.5 Å². The summed E-state index contributed by atoms with van der Waals surface area (Å²) >= 11 is 0. The van der Waals surface area contributed by atoms with Gasteiger partial charge in [0.2, 0.25) is 0 Å². The van der Waals surface area contributed by atoms with Gasteiger partial charge < -0.3 is 24.1 Å². The van der Waals surface area contributed by atoms with Gasteiger partial charge in [-0.15, -0.1) is 0 Å². The second kappa shape index (κ2) is 12.7. The van der Waals surface area contributed by atoms with Gasteiger partial charge in [0.15, 0.2) is 0 Å². The molecule has 8 heteroatoms. The molecule has 1 N–H and O–H groups in total. The van der Waals surface area contributed by atoms with Crippen molar-refractivity contribution in [2.45, 2.75) is 44.8 Å². The smallest absolute Gasteiger partial charge is 0.408 e. The van der Waals surface area contributed by atoms with Crippen LogP contribution >= 0.6 is 0 Å². The Bertz CT molecular complexity index is 1290. The second-order valence-electron chi connectivity index (χ2n) is 11.4. The maximum absolute atomic E-state index is 13.4. The van der Waals surface area contributed by atoms with Crippen LogP contribution in [0.15, 0.2) is 97.6 Å². The maximum Gasteiger partial charge on any atom is 0.408 e. The zero-order valence-corrected chi connectivity index (χ0v) is 25.5. The molecule has 2 amide bonds. The summed E-state index contributed by atoms with van der Waals surface area (Å²) in [7, 11) is -1.19. The Labute approximate surface area is 244 Å². The normalized spacial score (nSPS) is 17.8. The Balaban J connectivity index is 1.68. The summed E-state index contributed by atoms with van der Waals surface area (Å²) in [6.07, 6.45) is 0.839. The van der Waals surface area contributed by atoms with Crippen LogP contribution in [0.5, 0.6) is 5.75 Å². The molecule has 7 nitrogen and oxygen atoms in total. The SMILES string of the molecule is C=CCOC(=O)N[C@H]1C(=O)N(c2ccc(OC)cc2)[C@@H]1[C@H](C)CO[Si](c1ccccc1)(c1ccccc1)C(C)(C)C. The molecule has 1 heterocycles. The molecule has 0 bridgehead atoms. The van der Waals surface area contributed by atoms with Gasteiger partial charge in [-0.25, -0.2) is 4.79 Å². The second-order valence-corrected chi connectivity index (χ2v) is 15.7. The highest BCUT2D eigenvalue weighted by atomic mass is 28.4. The molecular formula is C33H40N2O5Si. The van der Waals surface area contributed by atoms with Gasteiger partial charge in [-0.2, -0.15) is 0 Å². The van der Waals surface area contributed by atoms with E-state index in [0.717, 1.165) is 5.69 Å². The van der Waals surface area contributed by atoms with Crippen molar-refractivity contribution in [1.82, 2.24) is 5.32 Å². The number of nitrogens with one attached hydrogen (secondary N) is 1. The summed E-state index contributed by atoms with van der Waals surface area (Å²) < 4.78 is 17.6. The summed E-state index contributed by atoms with van der Waals surface area (Å²) in [6.45, 7) is 12.8. The molecule has 1 aliphatic heterocycles. The van der Waals surface area contributed by atoms with Crippen molar-refractivity contribution in [2.24, 2.45) is 5.92 Å². The Hall–Kier alpha value is -3.88. The first-order valence-electron chi connectivity index (χ1n) is 13.9. The molecule has 0 saturated carbocycles. The maximum atomic E-state index is 13.4. The van der Waals surface area contributed by atoms with Crippen molar-refractivity contribution >= 4 is 36.4 Å². The molecule has 41 heavy (non-hydrogen) atoms. The highest BCUT2D eigenvalue weighted by Gasteiger charge is 2.54. The van der Waals surface area contributed by atoms with E-state index < -0.39 is 20.5 Å². The average molecular weight is 573 g/mol. The van der Waals surface area contributed by atoms with Crippen molar-refractivity contribution in [3.05, 3.63) is 97.6 Å². The third-order valence-corrected chi connectivity index (χ3v) is 12.7. The number of anilines is 1. The Kier molecular flexibility index (Phi) is 9.35. The lowest BCUT2D eigenvalue weighted by molar-refractivity contribution is -0.128. The molecule has 216 valence electrons. The molecule has 4 rings (SSSR count). The minimum atomic E-state index is -2.79. The molecule has 3 aromatic carbocycles. The first-order chi connectivity index (χ1) is 19.6. The standard InChI is InChI=1S/C33H40N2O5Si/c1-7-22-39-32(37)34-29-30(35(31(29)36)25-18-20-26(38-6)21-19-25)24(2)23-40-41(33(3,4)5,27-14-10-8-11-15-27)28-16-12-9-13-17-28/h7-21,24,29-30H,1,22-23H2,2-6H3,(H,34,37)/t24-,29-,30-/m1/s1. The highest BCUT2D eigenvalue weighted by molar-refractivity contribution is 6.99. The van der Waals surface area contributed by atoms with Crippen LogP contribution in [0.3, 0.4) is 0 Å². The first kappa shape index (κ1) is 30.1. The number of ether oxygens (including phenoxy) is 2. The number of rotatable bonds is 11. The molecule has 3 atom stereocenters. The molecule has 1 aliphatic rings. The minimum Gasteiger partial charge on any atom is -0.497 e. The van der Waals surface area contributed by atoms with Gasteiger partial charge in [0.25, 0.3) is 14.2 Å². The van der Waals surface area contributed by atoms with Crippen LogP contribution in [-0.2, 0) is 14.0 Å². The van der Waals surface area contributed by atoms with Crippen LogP contribution in [-0.4, -0.2) is 52.7 Å². The lowest BCUT2D eigenvalue weighted by Crippen LogP contribution is -2.74. The van der Waals surface area contributed by atoms with Crippen LogP contribution in [0.2, 0.25) is 5.04 Å². The average Bonchev–Trinajstić information content (AvgIpc) is 2.98. The van der Waals surface area contributed by atoms with E-state index in [1.54, 1.807) is 12.0 Å². The predicted molar refractivity (Wildman–Crippen MR) is 165 cm³/mol. The number of β-lactam (4-membered cyclic amide) rings is 1. The van der Waals surface area contributed by atoms with E-state index >= 15 is 0 Å². The van der Waals surface area contributed by atoms with Crippen molar-refractivity contribution in [3.8, 4) is 5.75 Å². The number of alkyl carbamates (subject to hydrolysis) is 1. The number of nitrogens with zero attached hydrogens (tertiary/aromatic N) is 1. The van der Waals surface area contributed by atoms with Gasteiger partial charge in [0, 0.05) is 18.2 Å². The Morgan fingerprint density at radius 1 is 1.00 bits per heavy atom. The Morgan fingerprint density at radius 2 is 1.56 bits per heavy atom. The van der Waals surface area contributed by atoms with E-state index in [1.807, 2.05) is 36.4 Å². The van der Waals surface area contributed by atoms with Crippen LogP contribution < -0.4 is 25.3 Å². The number of amides is 2. The van der Waals surface area contributed by atoms with Crippen molar-refractivity contribution in [2.75, 3.05) is 25.2 Å². The number of carbonyl (C=O) groups is 2. The highest BCUT2D eigenvalue weighted by Crippen LogP contribution is 2.39. The third kappa shape index (κ3) is 6.09. The zero-order valence-electron chi connectivity index (χ0n) is 24.5. The summed E-state index contributed by atoms with van der Waals surface area (Å²) in [5.74, 6) is 0.373. The summed E-state index contributed by atoms with van der Waals surface area (Å²) in [6, 6.07) is 27.2. The predicted octanol–water partition coefficient (Wildman–Crippen LogP) is 4.90. The summed E-state index contributed by atoms with van der Waals surface area (Å²) in [5.41, 5.74) is 0.732.